The molecule has 2 aromatic carbocycles. The van der Waals surface area contributed by atoms with Gasteiger partial charge in [0.2, 0.25) is 0 Å². The third-order valence-corrected chi connectivity index (χ3v) is 4.25. The molecule has 7 nitrogen and oxygen atoms in total. The first kappa shape index (κ1) is 19.2. The third kappa shape index (κ3) is 4.56. The molecule has 0 aliphatic carbocycles. The molecule has 0 aliphatic heterocycles. The Bertz CT molecular complexity index is 1060. The van der Waals surface area contributed by atoms with Crippen LogP contribution in [0.1, 0.15) is 15.9 Å². The lowest BCUT2D eigenvalue weighted by Crippen LogP contribution is -2.31. The van der Waals surface area contributed by atoms with Crippen LogP contribution < -0.4 is 15.7 Å². The molecule has 0 bridgehead atoms. The number of nitrogens with one attached hydrogen (secondary N) is 1. The van der Waals surface area contributed by atoms with Crippen molar-refractivity contribution in [3.8, 4) is 5.75 Å². The van der Waals surface area contributed by atoms with Crippen molar-refractivity contribution in [3.63, 3.8) is 0 Å². The Labute approximate surface area is 161 Å². The second-order valence-corrected chi connectivity index (χ2v) is 6.27. The molecule has 1 heterocycles. The van der Waals surface area contributed by atoms with Crippen LogP contribution in [-0.2, 0) is 11.3 Å². The predicted octanol–water partition coefficient (Wildman–Crippen LogP) is 2.19. The van der Waals surface area contributed by atoms with Crippen molar-refractivity contribution < 1.29 is 18.7 Å². The van der Waals surface area contributed by atoms with Crippen LogP contribution in [0.2, 0.25) is 0 Å². The molecule has 144 valence electrons. The van der Waals surface area contributed by atoms with Gasteiger partial charge >= 0.3 is 5.63 Å². The summed E-state index contributed by atoms with van der Waals surface area (Å²) < 4.78 is 10.6. The average Bonchev–Trinajstić information content (AvgIpc) is 2.71. The molecule has 7 heteroatoms. The summed E-state index contributed by atoms with van der Waals surface area (Å²) in [5, 5.41) is 3.34. The molecule has 0 fully saturated rings. The zero-order valence-electron chi connectivity index (χ0n) is 15.6. The van der Waals surface area contributed by atoms with Crippen molar-refractivity contribution in [2.75, 3.05) is 20.7 Å². The molecule has 1 aromatic heterocycles. The number of carbonyl (C=O) groups excluding carboxylic acids is 2. The quantitative estimate of drug-likeness (QED) is 0.662. The van der Waals surface area contributed by atoms with E-state index in [2.05, 4.69) is 5.32 Å². The molecule has 0 unspecified atom stereocenters. The minimum absolute atomic E-state index is 0.143. The van der Waals surface area contributed by atoms with Crippen molar-refractivity contribution in [2.24, 2.45) is 0 Å². The van der Waals surface area contributed by atoms with E-state index in [-0.39, 0.29) is 18.4 Å². The number of likely N-dealkylation sites (N-methyl/N-ethyl adjacent to an activating group) is 1. The zero-order valence-corrected chi connectivity index (χ0v) is 15.6. The highest BCUT2D eigenvalue weighted by Gasteiger charge is 2.11. The first-order valence-corrected chi connectivity index (χ1v) is 8.68. The molecular formula is C21H20N2O5. The Morgan fingerprint density at radius 2 is 1.79 bits per heavy atom. The van der Waals surface area contributed by atoms with Gasteiger partial charge in [-0.25, -0.2) is 4.79 Å². The van der Waals surface area contributed by atoms with Crippen LogP contribution in [0, 0.1) is 0 Å². The van der Waals surface area contributed by atoms with E-state index in [1.807, 2.05) is 0 Å². The van der Waals surface area contributed by atoms with Crippen LogP contribution in [0.4, 0.5) is 0 Å². The van der Waals surface area contributed by atoms with E-state index in [1.165, 1.54) is 11.0 Å². The highest BCUT2D eigenvalue weighted by molar-refractivity contribution is 5.93. The van der Waals surface area contributed by atoms with Gasteiger partial charge in [0.15, 0.2) is 6.61 Å². The topological polar surface area (TPSA) is 88.9 Å². The monoisotopic (exact) mass is 380 g/mol. The van der Waals surface area contributed by atoms with Crippen LogP contribution in [0.5, 0.6) is 5.75 Å². The second kappa shape index (κ2) is 8.39. The second-order valence-electron chi connectivity index (χ2n) is 6.27. The van der Waals surface area contributed by atoms with Crippen molar-refractivity contribution >= 4 is 22.8 Å². The molecule has 0 spiro atoms. The largest absolute Gasteiger partial charge is 0.484 e. The summed E-state index contributed by atoms with van der Waals surface area (Å²) in [4.78, 5) is 36.7. The van der Waals surface area contributed by atoms with Crippen LogP contribution in [-0.4, -0.2) is 37.4 Å². The standard InChI is InChI=1S/C21H20N2O5/c1-22-21(26)16-5-3-14(4-6-16)12-23(2)19(24)13-27-17-9-7-15-8-10-20(25)28-18(15)11-17/h3-11H,12-13H2,1-2H3,(H,22,26). The summed E-state index contributed by atoms with van der Waals surface area (Å²) in [5.41, 5.74) is 1.42. The van der Waals surface area contributed by atoms with Gasteiger partial charge in [-0.05, 0) is 35.9 Å². The molecule has 0 saturated carbocycles. The number of amides is 2. The van der Waals surface area contributed by atoms with Crippen molar-refractivity contribution in [3.05, 3.63) is 76.1 Å². The minimum Gasteiger partial charge on any atom is -0.484 e. The summed E-state index contributed by atoms with van der Waals surface area (Å²) in [6.07, 6.45) is 0. The molecule has 1 N–H and O–H groups in total. The fourth-order valence-electron chi connectivity index (χ4n) is 2.65. The Balaban J connectivity index is 1.58. The summed E-state index contributed by atoms with van der Waals surface area (Å²) in [6.45, 7) is 0.248. The summed E-state index contributed by atoms with van der Waals surface area (Å²) in [5.74, 6) is 0.0825. The van der Waals surface area contributed by atoms with Crippen LogP contribution >= 0.6 is 0 Å². The van der Waals surface area contributed by atoms with Gasteiger partial charge in [-0.15, -0.1) is 0 Å². The average molecular weight is 380 g/mol. The van der Waals surface area contributed by atoms with E-state index in [0.717, 1.165) is 10.9 Å². The lowest BCUT2D eigenvalue weighted by Gasteiger charge is -2.18. The Morgan fingerprint density at radius 3 is 2.50 bits per heavy atom. The summed E-state index contributed by atoms with van der Waals surface area (Å²) in [6, 6.07) is 15.1. The Morgan fingerprint density at radius 1 is 1.07 bits per heavy atom. The van der Waals surface area contributed by atoms with Gasteiger partial charge in [0, 0.05) is 43.7 Å². The molecule has 3 rings (SSSR count). The van der Waals surface area contributed by atoms with Crippen molar-refractivity contribution in [2.45, 2.75) is 6.54 Å². The lowest BCUT2D eigenvalue weighted by atomic mass is 10.1. The maximum absolute atomic E-state index is 12.3. The van der Waals surface area contributed by atoms with Gasteiger partial charge < -0.3 is 19.4 Å². The first-order valence-electron chi connectivity index (χ1n) is 8.68. The molecule has 0 aliphatic rings. The molecular weight excluding hydrogens is 360 g/mol. The lowest BCUT2D eigenvalue weighted by molar-refractivity contribution is -0.132. The van der Waals surface area contributed by atoms with Gasteiger partial charge in [-0.2, -0.15) is 0 Å². The van der Waals surface area contributed by atoms with E-state index in [0.29, 0.717) is 23.4 Å². The number of ether oxygens (including phenoxy) is 1. The molecule has 28 heavy (non-hydrogen) atoms. The first-order chi connectivity index (χ1) is 13.5. The van der Waals surface area contributed by atoms with Gasteiger partial charge in [-0.3, -0.25) is 9.59 Å². The number of fused-ring (bicyclic) bond motifs is 1. The number of rotatable bonds is 6. The van der Waals surface area contributed by atoms with E-state index < -0.39 is 5.63 Å². The van der Waals surface area contributed by atoms with Gasteiger partial charge in [0.1, 0.15) is 11.3 Å². The van der Waals surface area contributed by atoms with Crippen LogP contribution in [0.15, 0.2) is 63.8 Å². The minimum atomic E-state index is -0.442. The molecule has 3 aromatic rings. The Kier molecular flexibility index (Phi) is 5.74. The highest BCUT2D eigenvalue weighted by Crippen LogP contribution is 2.19. The van der Waals surface area contributed by atoms with Crippen molar-refractivity contribution in [1.82, 2.24) is 10.2 Å². The maximum atomic E-state index is 12.3. The van der Waals surface area contributed by atoms with E-state index in [9.17, 15) is 14.4 Å². The molecule has 2 amide bonds. The molecule has 0 radical (unpaired) electrons. The summed E-state index contributed by atoms with van der Waals surface area (Å²) >= 11 is 0. The van der Waals surface area contributed by atoms with E-state index in [4.69, 9.17) is 9.15 Å². The zero-order chi connectivity index (χ0) is 20.1. The summed E-state index contributed by atoms with van der Waals surface area (Å²) in [7, 11) is 3.25. The Hall–Kier alpha value is -3.61. The number of carbonyl (C=O) groups is 2. The number of benzene rings is 2. The number of hydrogen-bond donors (Lipinski definition) is 1. The van der Waals surface area contributed by atoms with Crippen LogP contribution in [0.3, 0.4) is 0 Å². The highest BCUT2D eigenvalue weighted by atomic mass is 16.5. The van der Waals surface area contributed by atoms with Gasteiger partial charge in [0.05, 0.1) is 0 Å². The normalized spacial score (nSPS) is 10.5. The van der Waals surface area contributed by atoms with Gasteiger partial charge in [-0.1, -0.05) is 12.1 Å². The predicted molar refractivity (Wildman–Crippen MR) is 104 cm³/mol. The van der Waals surface area contributed by atoms with Gasteiger partial charge in [0.25, 0.3) is 11.8 Å². The number of hydrogen-bond acceptors (Lipinski definition) is 5. The number of nitrogens with zero attached hydrogens (tertiary/aromatic N) is 1. The van der Waals surface area contributed by atoms with E-state index >= 15 is 0 Å². The third-order valence-electron chi connectivity index (χ3n) is 4.25. The fraction of sp³-hybridized carbons (Fsp3) is 0.190. The SMILES string of the molecule is CNC(=O)c1ccc(CN(C)C(=O)COc2ccc3ccc(=O)oc3c2)cc1. The maximum Gasteiger partial charge on any atom is 0.336 e. The fourth-order valence-corrected chi connectivity index (χ4v) is 2.65. The molecule has 0 atom stereocenters. The smallest absolute Gasteiger partial charge is 0.336 e. The molecule has 0 saturated heterocycles. The van der Waals surface area contributed by atoms with E-state index in [1.54, 1.807) is 62.6 Å². The van der Waals surface area contributed by atoms with Crippen molar-refractivity contribution in [1.29, 1.82) is 0 Å². The van der Waals surface area contributed by atoms with Crippen LogP contribution in [0.25, 0.3) is 11.0 Å².